The number of halogens is 2. The number of hydrogen-bond donors (Lipinski definition) is 0. The van der Waals surface area contributed by atoms with Gasteiger partial charge in [0.15, 0.2) is 10.7 Å². The molecule has 3 heterocycles. The highest BCUT2D eigenvalue weighted by Crippen LogP contribution is 2.30. The number of piperidine rings is 1. The van der Waals surface area contributed by atoms with Crippen molar-refractivity contribution >= 4 is 28.1 Å². The topological polar surface area (TPSA) is 83.7 Å². The Hall–Kier alpha value is -2.59. The molecule has 4 rings (SSSR count). The minimum Gasteiger partial charge on any atom is -0.355 e. The second kappa shape index (κ2) is 9.11. The summed E-state index contributed by atoms with van der Waals surface area (Å²) in [6.07, 6.45) is 5.59. The molecule has 0 bridgehead atoms. The number of rotatable bonds is 5. The average Bonchev–Trinajstić information content (AvgIpc) is 3.43. The third kappa shape index (κ3) is 4.47. The molecule has 0 radical (unpaired) electrons. The summed E-state index contributed by atoms with van der Waals surface area (Å²) in [5, 5.41) is 3.78. The van der Waals surface area contributed by atoms with E-state index in [-0.39, 0.29) is 46.8 Å². The molecule has 0 atom stereocenters. The number of benzene rings is 1. The van der Waals surface area contributed by atoms with Crippen molar-refractivity contribution in [1.82, 2.24) is 14.4 Å². The van der Waals surface area contributed by atoms with E-state index in [2.05, 4.69) is 5.16 Å². The van der Waals surface area contributed by atoms with Crippen LogP contribution >= 0.6 is 0 Å². The average molecular weight is 466 g/mol. The smallest absolute Gasteiger partial charge is 0.248 e. The fourth-order valence-electron chi connectivity index (χ4n) is 4.27. The standard InChI is InChI=1S/C22H25F2N3O4S/c1-15-21(20(31-25-15)7-5-16-4-6-18(23)14-19(16)24)32(29,30)27-12-8-17(9-13-27)22(28)26-10-2-3-11-26/h4-7,14,17H,2-3,8-13H2,1H3/b7-5+. The van der Waals surface area contributed by atoms with E-state index in [4.69, 9.17) is 4.52 Å². The first kappa shape index (κ1) is 22.6. The fourth-order valence-corrected chi connectivity index (χ4v) is 5.99. The lowest BCUT2D eigenvalue weighted by Gasteiger charge is -2.32. The normalized spacial score (nSPS) is 18.7. The Kier molecular flexibility index (Phi) is 6.43. The lowest BCUT2D eigenvalue weighted by atomic mass is 9.97. The molecule has 0 spiro atoms. The number of aromatic nitrogens is 1. The number of carbonyl (C=O) groups excluding carboxylic acids is 1. The fraction of sp³-hybridized carbons (Fsp3) is 0.455. The summed E-state index contributed by atoms with van der Waals surface area (Å²) in [6, 6.07) is 3.11. The third-order valence-corrected chi connectivity index (χ3v) is 8.09. The van der Waals surface area contributed by atoms with Gasteiger partial charge < -0.3 is 9.42 Å². The van der Waals surface area contributed by atoms with Crippen molar-refractivity contribution in [3.63, 3.8) is 0 Å². The van der Waals surface area contributed by atoms with Crippen LogP contribution in [0, 0.1) is 24.5 Å². The summed E-state index contributed by atoms with van der Waals surface area (Å²) in [7, 11) is -3.92. The molecule has 7 nitrogen and oxygen atoms in total. The summed E-state index contributed by atoms with van der Waals surface area (Å²) in [5.74, 6) is -1.55. The molecule has 2 saturated heterocycles. The maximum absolute atomic E-state index is 13.9. The predicted molar refractivity (Wildman–Crippen MR) is 114 cm³/mol. The van der Waals surface area contributed by atoms with E-state index in [9.17, 15) is 22.0 Å². The molecule has 2 aliphatic rings. The summed E-state index contributed by atoms with van der Waals surface area (Å²) < 4.78 is 60.2. The van der Waals surface area contributed by atoms with Crippen LogP contribution in [-0.4, -0.2) is 54.9 Å². The molecular weight excluding hydrogens is 440 g/mol. The Morgan fingerprint density at radius 1 is 1.12 bits per heavy atom. The number of carbonyl (C=O) groups is 1. The van der Waals surface area contributed by atoms with Crippen LogP contribution in [0.1, 0.15) is 42.7 Å². The van der Waals surface area contributed by atoms with Crippen molar-refractivity contribution in [2.45, 2.75) is 37.5 Å². The molecule has 2 fully saturated rings. The van der Waals surface area contributed by atoms with E-state index in [1.165, 1.54) is 29.4 Å². The molecule has 32 heavy (non-hydrogen) atoms. The number of likely N-dealkylation sites (tertiary alicyclic amines) is 1. The molecule has 1 amide bonds. The molecule has 0 N–H and O–H groups in total. The highest BCUT2D eigenvalue weighted by atomic mass is 32.2. The summed E-state index contributed by atoms with van der Waals surface area (Å²) in [4.78, 5) is 14.4. The van der Waals surface area contributed by atoms with Gasteiger partial charge in [-0.05, 0) is 56.9 Å². The van der Waals surface area contributed by atoms with Gasteiger partial charge in [-0.25, -0.2) is 17.2 Å². The lowest BCUT2D eigenvalue weighted by Crippen LogP contribution is -2.43. The van der Waals surface area contributed by atoms with Gasteiger partial charge in [0.1, 0.15) is 17.3 Å². The van der Waals surface area contributed by atoms with Gasteiger partial charge in [0, 0.05) is 43.7 Å². The van der Waals surface area contributed by atoms with Gasteiger partial charge in [-0.15, -0.1) is 0 Å². The Bertz CT molecular complexity index is 1130. The van der Waals surface area contributed by atoms with Crippen LogP contribution in [0.4, 0.5) is 8.78 Å². The number of sulfonamides is 1. The quantitative estimate of drug-likeness (QED) is 0.675. The van der Waals surface area contributed by atoms with Gasteiger partial charge in [-0.3, -0.25) is 4.79 Å². The molecule has 0 unspecified atom stereocenters. The Morgan fingerprint density at radius 3 is 2.47 bits per heavy atom. The predicted octanol–water partition coefficient (Wildman–Crippen LogP) is 3.45. The first-order valence-electron chi connectivity index (χ1n) is 10.7. The molecule has 1 aromatic carbocycles. The van der Waals surface area contributed by atoms with E-state index in [0.717, 1.165) is 38.1 Å². The Labute approximate surface area is 185 Å². The van der Waals surface area contributed by atoms with Gasteiger partial charge in [-0.2, -0.15) is 4.31 Å². The van der Waals surface area contributed by atoms with Crippen LogP contribution in [0.15, 0.2) is 27.6 Å². The van der Waals surface area contributed by atoms with E-state index in [1.54, 1.807) is 0 Å². The second-order valence-corrected chi connectivity index (χ2v) is 10.0. The first-order valence-corrected chi connectivity index (χ1v) is 12.1. The van der Waals surface area contributed by atoms with Crippen LogP contribution in [0.25, 0.3) is 12.2 Å². The van der Waals surface area contributed by atoms with E-state index in [1.807, 2.05) is 4.90 Å². The van der Waals surface area contributed by atoms with Gasteiger partial charge in [-0.1, -0.05) is 5.16 Å². The number of amides is 1. The van der Waals surface area contributed by atoms with Gasteiger partial charge >= 0.3 is 0 Å². The number of nitrogens with zero attached hydrogens (tertiary/aromatic N) is 3. The molecule has 10 heteroatoms. The number of aryl methyl sites for hydroxylation is 1. The zero-order chi connectivity index (χ0) is 22.9. The third-order valence-electron chi connectivity index (χ3n) is 6.03. The van der Waals surface area contributed by atoms with Crippen LogP contribution in [0.5, 0.6) is 0 Å². The number of hydrogen-bond acceptors (Lipinski definition) is 5. The van der Waals surface area contributed by atoms with E-state index >= 15 is 0 Å². The van der Waals surface area contributed by atoms with Crippen molar-refractivity contribution in [2.24, 2.45) is 5.92 Å². The van der Waals surface area contributed by atoms with Gasteiger partial charge in [0.25, 0.3) is 0 Å². The van der Waals surface area contributed by atoms with E-state index in [0.29, 0.717) is 12.8 Å². The molecule has 172 valence electrons. The van der Waals surface area contributed by atoms with Crippen molar-refractivity contribution < 1.29 is 26.5 Å². The minimum atomic E-state index is -3.92. The largest absolute Gasteiger partial charge is 0.355 e. The van der Waals surface area contributed by atoms with Crippen LogP contribution in [0.2, 0.25) is 0 Å². The summed E-state index contributed by atoms with van der Waals surface area (Å²) >= 11 is 0. The monoisotopic (exact) mass is 465 g/mol. The van der Waals surface area contributed by atoms with Crippen LogP contribution < -0.4 is 0 Å². The molecule has 2 aromatic rings. The molecule has 2 aliphatic heterocycles. The highest BCUT2D eigenvalue weighted by molar-refractivity contribution is 7.89. The van der Waals surface area contributed by atoms with E-state index < -0.39 is 21.7 Å². The van der Waals surface area contributed by atoms with Crippen LogP contribution in [0.3, 0.4) is 0 Å². The van der Waals surface area contributed by atoms with Crippen molar-refractivity contribution in [2.75, 3.05) is 26.2 Å². The van der Waals surface area contributed by atoms with Crippen LogP contribution in [-0.2, 0) is 14.8 Å². The second-order valence-electron chi connectivity index (χ2n) is 8.17. The molecule has 0 aliphatic carbocycles. The van der Waals surface area contributed by atoms with Crippen molar-refractivity contribution in [3.8, 4) is 0 Å². The van der Waals surface area contributed by atoms with Crippen molar-refractivity contribution in [1.29, 1.82) is 0 Å². The minimum absolute atomic E-state index is 0.0264. The first-order chi connectivity index (χ1) is 15.3. The Morgan fingerprint density at radius 2 is 1.81 bits per heavy atom. The summed E-state index contributed by atoms with van der Waals surface area (Å²) in [5.41, 5.74) is 0.282. The highest BCUT2D eigenvalue weighted by Gasteiger charge is 2.37. The zero-order valence-corrected chi connectivity index (χ0v) is 18.6. The van der Waals surface area contributed by atoms with Gasteiger partial charge in [0.2, 0.25) is 15.9 Å². The lowest BCUT2D eigenvalue weighted by molar-refractivity contribution is -0.135. The van der Waals surface area contributed by atoms with Gasteiger partial charge in [0.05, 0.1) is 0 Å². The molecular formula is C22H25F2N3O4S. The maximum atomic E-state index is 13.9. The zero-order valence-electron chi connectivity index (χ0n) is 17.8. The summed E-state index contributed by atoms with van der Waals surface area (Å²) in [6.45, 7) is 3.54. The maximum Gasteiger partial charge on any atom is 0.248 e. The Balaban J connectivity index is 1.50. The van der Waals surface area contributed by atoms with Crippen molar-refractivity contribution in [3.05, 3.63) is 46.9 Å². The SMILES string of the molecule is Cc1noc(/C=C/c2ccc(F)cc2F)c1S(=O)(=O)N1CCC(C(=O)N2CCCC2)CC1. The molecule has 1 aromatic heterocycles. The molecule has 0 saturated carbocycles.